The third-order valence-corrected chi connectivity index (χ3v) is 40.3. The molecule has 0 N–H and O–H groups in total. The molecule has 0 radical (unpaired) electrons. The molecular formula is C96H168. The Morgan fingerprint density at radius 1 is 0.146 bits per heavy atom. The van der Waals surface area contributed by atoms with Gasteiger partial charge in [-0.15, -0.1) is 0 Å². The van der Waals surface area contributed by atoms with E-state index in [1.165, 1.54) is 154 Å². The average molecular weight is 1320 g/mol. The highest BCUT2D eigenvalue weighted by Gasteiger charge is 2.72. The van der Waals surface area contributed by atoms with Gasteiger partial charge in [0, 0.05) is 0 Å². The zero-order valence-electron chi connectivity index (χ0n) is 70.3. The summed E-state index contributed by atoms with van der Waals surface area (Å²) in [5.41, 5.74) is 7.82. The molecule has 552 valence electrons. The van der Waals surface area contributed by atoms with Gasteiger partial charge in [0.05, 0.1) is 0 Å². The van der Waals surface area contributed by atoms with E-state index >= 15 is 0 Å². The molecule has 0 aromatic rings. The predicted octanol–water partition coefficient (Wildman–Crippen LogP) is 28.4. The topological polar surface area (TPSA) is 0 Å². The lowest BCUT2D eigenvalue weighted by atomic mass is 9.68. The van der Waals surface area contributed by atoms with Crippen LogP contribution in [0.2, 0.25) is 0 Å². The van der Waals surface area contributed by atoms with Crippen LogP contribution in [0.1, 0.15) is 362 Å². The van der Waals surface area contributed by atoms with E-state index in [-0.39, 0.29) is 0 Å². The maximum Gasteiger partial charge on any atom is -0.0289 e. The van der Waals surface area contributed by atoms with E-state index < -0.39 is 0 Å². The van der Waals surface area contributed by atoms with Crippen molar-refractivity contribution in [2.45, 2.75) is 362 Å². The Kier molecular flexibility index (Phi) is 18.8. The molecule has 30 atom stereocenters. The van der Waals surface area contributed by atoms with Crippen molar-refractivity contribution in [1.82, 2.24) is 0 Å². The first kappa shape index (κ1) is 74.3. The van der Waals surface area contributed by atoms with E-state index in [0.29, 0.717) is 65.0 Å². The predicted molar refractivity (Wildman–Crippen MR) is 415 cm³/mol. The van der Waals surface area contributed by atoms with E-state index in [4.69, 9.17) is 0 Å². The van der Waals surface area contributed by atoms with Crippen LogP contribution in [0.4, 0.5) is 0 Å². The minimum absolute atomic E-state index is 0.624. The number of rotatable bonds is 0. The van der Waals surface area contributed by atoms with Crippen LogP contribution in [-0.4, -0.2) is 0 Å². The zero-order chi connectivity index (χ0) is 70.3. The number of hydrogen-bond donors (Lipinski definition) is 0. The Morgan fingerprint density at radius 2 is 0.260 bits per heavy atom. The van der Waals surface area contributed by atoms with Gasteiger partial charge in [-0.05, 0) is 358 Å². The molecule has 0 spiro atoms. The van der Waals surface area contributed by atoms with Crippen LogP contribution in [0.15, 0.2) is 0 Å². The van der Waals surface area contributed by atoms with Crippen LogP contribution >= 0.6 is 0 Å². The Morgan fingerprint density at radius 3 is 0.375 bits per heavy atom. The van der Waals surface area contributed by atoms with Crippen molar-refractivity contribution in [3.8, 4) is 0 Å². The summed E-state index contributed by atoms with van der Waals surface area (Å²) in [4.78, 5) is 0. The summed E-state index contributed by atoms with van der Waals surface area (Å²) in [6, 6.07) is 0. The molecular weight excluding hydrogens is 1150 g/mol. The van der Waals surface area contributed by atoms with Crippen LogP contribution in [0.5, 0.6) is 0 Å². The largest absolute Gasteiger partial charge is 0.0622 e. The summed E-state index contributed by atoms with van der Waals surface area (Å²) in [5.74, 6) is 31.2. The fourth-order valence-electron chi connectivity index (χ4n) is 33.3. The maximum atomic E-state index is 2.54. The highest BCUT2D eigenvalue weighted by atomic mass is 14.8. The maximum absolute atomic E-state index is 2.54. The fourth-order valence-corrected chi connectivity index (χ4v) is 33.3. The van der Waals surface area contributed by atoms with Crippen molar-refractivity contribution >= 4 is 0 Å². The minimum atomic E-state index is 0.624. The lowest BCUT2D eigenvalue weighted by molar-refractivity contribution is 0.121. The quantitative estimate of drug-likeness (QED) is 0.227. The second-order valence-electron chi connectivity index (χ2n) is 49.3. The van der Waals surface area contributed by atoms with Crippen molar-refractivity contribution in [2.75, 3.05) is 0 Å². The van der Waals surface area contributed by atoms with Gasteiger partial charge >= 0.3 is 0 Å². The summed E-state index contributed by atoms with van der Waals surface area (Å²) in [6.45, 7) is 76.0. The third-order valence-electron chi connectivity index (χ3n) is 40.3. The Hall–Kier alpha value is 0. The first-order chi connectivity index (χ1) is 44.1. The summed E-state index contributed by atoms with van der Waals surface area (Å²) in [5, 5.41) is 0. The van der Waals surface area contributed by atoms with E-state index in [0.717, 1.165) is 178 Å². The molecule has 0 amide bonds. The molecule has 8 unspecified atom stereocenters. The molecule has 0 heterocycles. The molecule has 18 aliphatic rings. The van der Waals surface area contributed by atoms with Gasteiger partial charge in [-0.2, -0.15) is 0 Å². The normalized spacial score (nSPS) is 52.7. The van der Waals surface area contributed by atoms with Crippen molar-refractivity contribution in [2.24, 2.45) is 243 Å². The van der Waals surface area contributed by atoms with Gasteiger partial charge in [-0.3, -0.25) is 0 Å². The van der Waals surface area contributed by atoms with Gasteiger partial charge in [-0.1, -0.05) is 246 Å². The van der Waals surface area contributed by atoms with E-state index in [1.54, 1.807) is 0 Å². The summed E-state index contributed by atoms with van der Waals surface area (Å²) >= 11 is 0. The number of hydrogen-bond acceptors (Lipinski definition) is 0. The molecule has 0 bridgehead atoms. The van der Waals surface area contributed by atoms with E-state index in [9.17, 15) is 0 Å². The smallest absolute Gasteiger partial charge is 0.0289 e. The highest BCUT2D eigenvalue weighted by molar-refractivity contribution is 5.20. The van der Waals surface area contributed by atoms with Crippen molar-refractivity contribution < 1.29 is 0 Å². The molecule has 96 heavy (non-hydrogen) atoms. The Labute approximate surface area is 600 Å². The summed E-state index contributed by atoms with van der Waals surface area (Å²) in [6.07, 6.45) is 36.0. The minimum Gasteiger partial charge on any atom is -0.0622 e. The average Bonchev–Trinajstić information content (AvgIpc) is 1.58. The van der Waals surface area contributed by atoms with E-state index in [2.05, 4.69) is 208 Å². The van der Waals surface area contributed by atoms with Crippen LogP contribution in [0.25, 0.3) is 0 Å². The molecule has 18 aliphatic carbocycles. The van der Waals surface area contributed by atoms with Crippen LogP contribution in [0.3, 0.4) is 0 Å². The van der Waals surface area contributed by atoms with Crippen LogP contribution < -0.4 is 0 Å². The molecule has 0 heteroatoms. The van der Waals surface area contributed by atoms with Gasteiger partial charge in [0.15, 0.2) is 0 Å². The monoisotopic (exact) mass is 1320 g/mol. The highest BCUT2D eigenvalue weighted by Crippen LogP contribution is 2.78. The van der Waals surface area contributed by atoms with E-state index in [1.807, 2.05) is 0 Å². The fraction of sp³-hybridized carbons (Fsp3) is 1.00. The van der Waals surface area contributed by atoms with Crippen molar-refractivity contribution in [3.05, 3.63) is 0 Å². The van der Waals surface area contributed by atoms with Gasteiger partial charge in [0.2, 0.25) is 0 Å². The van der Waals surface area contributed by atoms with Gasteiger partial charge < -0.3 is 0 Å². The second kappa shape index (κ2) is 24.3. The SMILES string of the molecule is CC1CCC2C1[C@@H]1[C@H](CCC2(C)C)C1(C)C.CC1CC[C@H]2[C@@H]1[C@H]1[C@@H](CCC2(C)C)C1(C)C.CC1CC[C@H]2[C@@H]1[C@H]1[C@@H](CCC2(C)C)C1(C)C.CC1CC[C@H]2[C@@H]1[C@H]1[C@@H](CCC2(C)C)C1(C)C.C[C@H]1CC[C@H]2C1[C@@H]1[C@H](CCC2(C)C)C1(C)C.C[C@H]1CC[C@H]2C1[C@H]1[C@@H](CCC2(C)C)C1(C)C. The molecule has 0 aromatic heterocycles. The second-order valence-corrected chi connectivity index (χ2v) is 49.3. The van der Waals surface area contributed by atoms with Gasteiger partial charge in [0.25, 0.3) is 0 Å². The van der Waals surface area contributed by atoms with Gasteiger partial charge in [-0.25, -0.2) is 0 Å². The molecule has 18 saturated carbocycles. The standard InChI is InChI=1S/6C16H28/c6*1-10-6-7-11-13(10)14-12(16(14,4)5)8-9-15(11,2)3/h6*10-14H,6-9H2,1-5H3/t10?,11?,12-,13?,14-;3*10?,11-,12+,13+,14+;10-,11-,12+,13?,14+;10-,11-,12-,13?,14-/m000000/s1. The zero-order valence-corrected chi connectivity index (χ0v) is 70.3. The Bertz CT molecular complexity index is 2280. The molecule has 0 aliphatic heterocycles. The molecule has 18 fully saturated rings. The molecule has 18 rings (SSSR count). The van der Waals surface area contributed by atoms with Crippen LogP contribution in [0, 0.1) is 243 Å². The molecule has 0 saturated heterocycles. The molecule has 0 nitrogen and oxygen atoms in total. The van der Waals surface area contributed by atoms with Crippen molar-refractivity contribution in [1.29, 1.82) is 0 Å². The van der Waals surface area contributed by atoms with Crippen molar-refractivity contribution in [3.63, 3.8) is 0 Å². The number of fused-ring (bicyclic) bond motifs is 18. The lowest BCUT2D eigenvalue weighted by Gasteiger charge is -2.37. The lowest BCUT2D eigenvalue weighted by Crippen LogP contribution is -2.30. The first-order valence-electron chi connectivity index (χ1n) is 44.1. The summed E-state index contributed by atoms with van der Waals surface area (Å²) < 4.78 is 0. The first-order valence-corrected chi connectivity index (χ1v) is 44.1. The van der Waals surface area contributed by atoms with Crippen LogP contribution in [-0.2, 0) is 0 Å². The third kappa shape index (κ3) is 12.2. The summed E-state index contributed by atoms with van der Waals surface area (Å²) in [7, 11) is 0. The molecule has 0 aromatic carbocycles. The Balaban J connectivity index is 0.000000104. The van der Waals surface area contributed by atoms with Gasteiger partial charge in [0.1, 0.15) is 0 Å².